The molecule has 1 heterocycles. The van der Waals surface area contributed by atoms with Gasteiger partial charge in [-0.3, -0.25) is 14.5 Å². The second kappa shape index (κ2) is 7.08. The van der Waals surface area contributed by atoms with Crippen LogP contribution < -0.4 is 17.3 Å². The second-order valence-electron chi connectivity index (χ2n) is 3.48. The highest BCUT2D eigenvalue weighted by Crippen LogP contribution is 1.93. The van der Waals surface area contributed by atoms with E-state index in [0.717, 1.165) is 4.90 Å². The van der Waals surface area contributed by atoms with Gasteiger partial charge in [0.2, 0.25) is 0 Å². The summed E-state index contributed by atoms with van der Waals surface area (Å²) in [5, 5.41) is 17.0. The number of hydrogen-bond acceptors (Lipinski definition) is 3. The average molecular weight is 251 g/mol. The van der Waals surface area contributed by atoms with Crippen molar-refractivity contribution in [3.8, 4) is 0 Å². The van der Waals surface area contributed by atoms with E-state index in [2.05, 4.69) is 0 Å². The summed E-state index contributed by atoms with van der Waals surface area (Å²) < 4.78 is 0. The highest BCUT2D eigenvalue weighted by atomic mass is 35.5. The van der Waals surface area contributed by atoms with Crippen LogP contribution in [0.25, 0.3) is 0 Å². The molecule has 3 N–H and O–H groups in total. The number of carbonyl (C=O) groups is 2. The highest BCUT2D eigenvalue weighted by molar-refractivity contribution is 5.67. The van der Waals surface area contributed by atoms with Gasteiger partial charge in [0.15, 0.2) is 6.67 Å². The molecule has 1 rings (SSSR count). The van der Waals surface area contributed by atoms with Gasteiger partial charge < -0.3 is 27.5 Å². The number of carboxylic acid groups (broad SMARTS) is 2. The molecule has 0 spiro atoms. The quantitative estimate of drug-likeness (QED) is 0.443. The zero-order valence-electron chi connectivity index (χ0n) is 8.73. The molecule has 0 bridgehead atoms. The Balaban J connectivity index is 0.00000225. The molecule has 0 aromatic rings. The molecule has 0 radical (unpaired) electrons. The maximum atomic E-state index is 10.3. The van der Waals surface area contributed by atoms with E-state index in [1.165, 1.54) is 0 Å². The minimum atomic E-state index is -0.817. The Labute approximate surface area is 99.5 Å². The van der Waals surface area contributed by atoms with Crippen LogP contribution in [0.5, 0.6) is 0 Å². The van der Waals surface area contributed by atoms with Crippen molar-refractivity contribution in [3.05, 3.63) is 12.4 Å². The molecule has 0 saturated carbocycles. The maximum Gasteiger partial charge on any atom is 0.309 e. The van der Waals surface area contributed by atoms with Crippen LogP contribution in [-0.2, 0) is 9.59 Å². The normalized spacial score (nSPS) is 18.2. The fourth-order valence-corrected chi connectivity index (χ4v) is 1.40. The van der Waals surface area contributed by atoms with Crippen LogP contribution in [0, 0.1) is 0 Å². The van der Waals surface area contributed by atoms with Crippen molar-refractivity contribution in [2.24, 2.45) is 0 Å². The fourth-order valence-electron chi connectivity index (χ4n) is 1.40. The summed E-state index contributed by atoms with van der Waals surface area (Å²) in [4.78, 5) is 23.6. The van der Waals surface area contributed by atoms with E-state index in [9.17, 15) is 9.59 Å². The van der Waals surface area contributed by atoms with Crippen molar-refractivity contribution in [1.82, 2.24) is 4.90 Å². The van der Waals surface area contributed by atoms with Crippen molar-refractivity contribution in [2.75, 3.05) is 19.8 Å². The Morgan fingerprint density at radius 2 is 1.88 bits per heavy atom. The van der Waals surface area contributed by atoms with E-state index < -0.39 is 11.9 Å². The highest BCUT2D eigenvalue weighted by Gasteiger charge is 2.17. The number of hydrogen-bond donors (Lipinski definition) is 3. The first-order valence-corrected chi connectivity index (χ1v) is 4.78. The maximum absolute atomic E-state index is 10.3. The molecule has 1 atom stereocenters. The monoisotopic (exact) mass is 250 g/mol. The van der Waals surface area contributed by atoms with Crippen LogP contribution >= 0.6 is 0 Å². The fraction of sp³-hybridized carbons (Fsp3) is 0.556. The lowest BCUT2D eigenvalue weighted by Crippen LogP contribution is -3.07. The number of nitrogens with one attached hydrogen (secondary N) is 1. The average Bonchev–Trinajstić information content (AvgIpc) is 2.59. The van der Waals surface area contributed by atoms with Crippen LogP contribution in [0.2, 0.25) is 0 Å². The number of nitrogens with zero attached hydrogens (tertiary/aromatic N) is 1. The molecular formula is C9H15ClN2O4. The summed E-state index contributed by atoms with van der Waals surface area (Å²) in [6, 6.07) is 0. The lowest BCUT2D eigenvalue weighted by atomic mass is 10.4. The zero-order valence-corrected chi connectivity index (χ0v) is 9.48. The molecular weight excluding hydrogens is 236 g/mol. The van der Waals surface area contributed by atoms with Crippen molar-refractivity contribution in [3.63, 3.8) is 0 Å². The Morgan fingerprint density at radius 3 is 2.44 bits per heavy atom. The third-order valence-electron chi connectivity index (χ3n) is 2.20. The van der Waals surface area contributed by atoms with Gasteiger partial charge in [-0.15, -0.1) is 0 Å². The molecule has 1 aliphatic rings. The van der Waals surface area contributed by atoms with Gasteiger partial charge >= 0.3 is 11.9 Å². The molecule has 0 aromatic heterocycles. The largest absolute Gasteiger partial charge is 1.00 e. The first-order valence-electron chi connectivity index (χ1n) is 4.78. The molecule has 0 amide bonds. The van der Waals surface area contributed by atoms with Crippen LogP contribution in [0.3, 0.4) is 0 Å². The molecule has 0 fully saturated rings. The Hall–Kier alpha value is -1.27. The van der Waals surface area contributed by atoms with Gasteiger partial charge in [0.1, 0.15) is 6.20 Å². The molecule has 0 aliphatic carbocycles. The lowest BCUT2D eigenvalue weighted by Gasteiger charge is -2.15. The van der Waals surface area contributed by atoms with Gasteiger partial charge in [0, 0.05) is 6.54 Å². The number of quaternary nitrogens is 1. The first-order chi connectivity index (χ1) is 7.08. The first kappa shape index (κ1) is 14.7. The molecule has 92 valence electrons. The van der Waals surface area contributed by atoms with Crippen molar-refractivity contribution >= 4 is 11.9 Å². The lowest BCUT2D eigenvalue weighted by molar-refractivity contribution is -0.848. The Bertz CT molecular complexity index is 257. The van der Waals surface area contributed by atoms with Crippen LogP contribution in [0.1, 0.15) is 12.8 Å². The van der Waals surface area contributed by atoms with Gasteiger partial charge in [0.25, 0.3) is 0 Å². The summed E-state index contributed by atoms with van der Waals surface area (Å²) in [6.07, 6.45) is 3.92. The molecule has 1 aliphatic heterocycles. The molecule has 16 heavy (non-hydrogen) atoms. The summed E-state index contributed by atoms with van der Waals surface area (Å²) in [5.41, 5.74) is 0. The molecule has 1 unspecified atom stereocenters. The predicted molar refractivity (Wildman–Crippen MR) is 51.0 cm³/mol. The van der Waals surface area contributed by atoms with Gasteiger partial charge in [0.05, 0.1) is 25.6 Å². The van der Waals surface area contributed by atoms with E-state index >= 15 is 0 Å². The minimum Gasteiger partial charge on any atom is -1.00 e. The van der Waals surface area contributed by atoms with Crippen molar-refractivity contribution in [1.29, 1.82) is 0 Å². The SMILES string of the molecule is O=C(O)CCN1C=C[NH+](CCC(=O)O)C1.[Cl-]. The second-order valence-corrected chi connectivity index (χ2v) is 3.48. The third kappa shape index (κ3) is 5.57. The summed E-state index contributed by atoms with van der Waals surface area (Å²) >= 11 is 0. The molecule has 6 nitrogen and oxygen atoms in total. The molecule has 7 heteroatoms. The standard InChI is InChI=1S/C9H14N2O4.ClH/c12-8(13)1-3-10-5-6-11(7-10)4-2-9(14)15;/h5-6H,1-4,7H2,(H,12,13)(H,14,15);1H. The number of aliphatic carboxylic acids is 2. The van der Waals surface area contributed by atoms with Crippen LogP contribution in [0.4, 0.5) is 0 Å². The predicted octanol–water partition coefficient (Wildman–Crippen LogP) is -4.43. The van der Waals surface area contributed by atoms with E-state index in [1.807, 2.05) is 17.3 Å². The number of halogens is 1. The summed E-state index contributed by atoms with van der Waals surface area (Å²) in [6.45, 7) is 1.67. The number of carboxylic acids is 2. The summed E-state index contributed by atoms with van der Waals surface area (Å²) in [7, 11) is 0. The Morgan fingerprint density at radius 1 is 1.25 bits per heavy atom. The van der Waals surface area contributed by atoms with Gasteiger partial charge in [-0.25, -0.2) is 0 Å². The topological polar surface area (TPSA) is 82.3 Å². The van der Waals surface area contributed by atoms with E-state index in [-0.39, 0.29) is 25.2 Å². The molecule has 0 saturated heterocycles. The van der Waals surface area contributed by atoms with Gasteiger partial charge in [-0.05, 0) is 0 Å². The van der Waals surface area contributed by atoms with E-state index in [4.69, 9.17) is 10.2 Å². The van der Waals surface area contributed by atoms with Crippen molar-refractivity contribution in [2.45, 2.75) is 12.8 Å². The number of rotatable bonds is 6. The zero-order chi connectivity index (χ0) is 11.3. The van der Waals surface area contributed by atoms with Crippen molar-refractivity contribution < 1.29 is 37.1 Å². The van der Waals surface area contributed by atoms with Gasteiger partial charge in [-0.1, -0.05) is 0 Å². The van der Waals surface area contributed by atoms with E-state index in [1.54, 1.807) is 0 Å². The smallest absolute Gasteiger partial charge is 0.309 e. The van der Waals surface area contributed by atoms with Gasteiger partial charge in [-0.2, -0.15) is 0 Å². The minimum absolute atomic E-state index is 0. The Kier molecular flexibility index (Phi) is 6.52. The summed E-state index contributed by atoms with van der Waals surface area (Å²) in [5.74, 6) is -1.62. The van der Waals surface area contributed by atoms with E-state index in [0.29, 0.717) is 19.8 Å². The van der Waals surface area contributed by atoms with Crippen LogP contribution in [0.15, 0.2) is 12.4 Å². The third-order valence-corrected chi connectivity index (χ3v) is 2.20. The van der Waals surface area contributed by atoms with Crippen LogP contribution in [-0.4, -0.2) is 46.8 Å². The molecule has 0 aromatic carbocycles.